The van der Waals surface area contributed by atoms with Crippen molar-refractivity contribution in [2.24, 2.45) is 0 Å². The Morgan fingerprint density at radius 2 is 1.62 bits per heavy atom. The van der Waals surface area contributed by atoms with Crippen LogP contribution in [0.4, 0.5) is 13.2 Å². The maximum absolute atomic E-state index is 13.1. The molecule has 0 amide bonds. The Labute approximate surface area is 125 Å². The average Bonchev–Trinajstić information content (AvgIpc) is 2.47. The zero-order chi connectivity index (χ0) is 15.4. The number of hydrogen-bond acceptors (Lipinski definition) is 2. The standard InChI is InChI=1S/C15H13ClF3NO/c16-11-3-1-10(2-4-11)14(8-21)20-7-9-5-12(17)15(19)13(18)6-9/h1-6,14,20-21H,7-8H2. The molecule has 6 heteroatoms. The molecule has 0 heterocycles. The first-order valence-electron chi connectivity index (χ1n) is 6.24. The van der Waals surface area contributed by atoms with Gasteiger partial charge in [0.15, 0.2) is 17.5 Å². The Balaban J connectivity index is 2.08. The highest BCUT2D eigenvalue weighted by molar-refractivity contribution is 6.30. The largest absolute Gasteiger partial charge is 0.394 e. The van der Waals surface area contributed by atoms with Gasteiger partial charge in [0.2, 0.25) is 0 Å². The average molecular weight is 316 g/mol. The van der Waals surface area contributed by atoms with E-state index >= 15 is 0 Å². The molecule has 1 atom stereocenters. The van der Waals surface area contributed by atoms with Gasteiger partial charge >= 0.3 is 0 Å². The molecule has 2 rings (SSSR count). The molecule has 2 aromatic rings. The predicted molar refractivity (Wildman–Crippen MR) is 74.4 cm³/mol. The lowest BCUT2D eigenvalue weighted by atomic mass is 10.1. The van der Waals surface area contributed by atoms with E-state index in [9.17, 15) is 18.3 Å². The van der Waals surface area contributed by atoms with Crippen LogP contribution in [0.2, 0.25) is 5.02 Å². The van der Waals surface area contributed by atoms with E-state index in [0.29, 0.717) is 5.02 Å². The summed E-state index contributed by atoms with van der Waals surface area (Å²) < 4.78 is 39.1. The first-order chi connectivity index (χ1) is 10.0. The van der Waals surface area contributed by atoms with Gasteiger partial charge in [0.05, 0.1) is 12.6 Å². The smallest absolute Gasteiger partial charge is 0.194 e. The van der Waals surface area contributed by atoms with Gasteiger partial charge in [-0.3, -0.25) is 0 Å². The van der Waals surface area contributed by atoms with E-state index in [1.54, 1.807) is 24.3 Å². The maximum Gasteiger partial charge on any atom is 0.194 e. The molecule has 0 aliphatic carbocycles. The van der Waals surface area contributed by atoms with Gasteiger partial charge in [0, 0.05) is 11.6 Å². The molecule has 0 bridgehead atoms. The van der Waals surface area contributed by atoms with Crippen molar-refractivity contribution in [2.45, 2.75) is 12.6 Å². The fourth-order valence-corrected chi connectivity index (χ4v) is 2.06. The van der Waals surface area contributed by atoms with Crippen LogP contribution in [0.15, 0.2) is 36.4 Å². The predicted octanol–water partition coefficient (Wildman–Crippen LogP) is 3.58. The lowest BCUT2D eigenvalue weighted by molar-refractivity contribution is 0.243. The van der Waals surface area contributed by atoms with Gasteiger partial charge in [-0.05, 0) is 35.4 Å². The zero-order valence-electron chi connectivity index (χ0n) is 10.9. The van der Waals surface area contributed by atoms with Gasteiger partial charge in [-0.15, -0.1) is 0 Å². The number of rotatable bonds is 5. The van der Waals surface area contributed by atoms with E-state index in [-0.39, 0.29) is 18.7 Å². The Kier molecular flexibility index (Phi) is 5.22. The maximum atomic E-state index is 13.1. The monoisotopic (exact) mass is 315 g/mol. The summed E-state index contributed by atoms with van der Waals surface area (Å²) >= 11 is 5.78. The van der Waals surface area contributed by atoms with Gasteiger partial charge in [0.1, 0.15) is 0 Å². The number of benzene rings is 2. The van der Waals surface area contributed by atoms with Crippen molar-refractivity contribution in [3.05, 3.63) is 70.0 Å². The lowest BCUT2D eigenvalue weighted by Gasteiger charge is -2.17. The molecule has 0 saturated heterocycles. The molecular weight excluding hydrogens is 303 g/mol. The molecule has 2 nitrogen and oxygen atoms in total. The van der Waals surface area contributed by atoms with E-state index < -0.39 is 23.5 Å². The van der Waals surface area contributed by atoms with Crippen LogP contribution in [0.1, 0.15) is 17.2 Å². The van der Waals surface area contributed by atoms with Gasteiger partial charge in [-0.2, -0.15) is 0 Å². The fraction of sp³-hybridized carbons (Fsp3) is 0.200. The molecule has 0 aromatic heterocycles. The number of aliphatic hydroxyl groups excluding tert-OH is 1. The number of halogens is 4. The second-order valence-corrected chi connectivity index (χ2v) is 4.98. The second kappa shape index (κ2) is 6.93. The number of nitrogens with one attached hydrogen (secondary N) is 1. The molecule has 2 N–H and O–H groups in total. The SMILES string of the molecule is OCC(NCc1cc(F)c(F)c(F)c1)c1ccc(Cl)cc1. The molecular formula is C15H13ClF3NO. The highest BCUT2D eigenvalue weighted by Gasteiger charge is 2.13. The highest BCUT2D eigenvalue weighted by atomic mass is 35.5. The number of hydrogen-bond donors (Lipinski definition) is 2. The fourth-order valence-electron chi connectivity index (χ4n) is 1.93. The minimum absolute atomic E-state index is 0.0853. The molecule has 112 valence electrons. The summed E-state index contributed by atoms with van der Waals surface area (Å²) in [5.41, 5.74) is 1.03. The van der Waals surface area contributed by atoms with E-state index in [1.165, 1.54) is 0 Å². The Morgan fingerprint density at radius 3 is 2.14 bits per heavy atom. The van der Waals surface area contributed by atoms with Crippen LogP contribution in [0, 0.1) is 17.5 Å². The number of aliphatic hydroxyl groups is 1. The van der Waals surface area contributed by atoms with Crippen molar-refractivity contribution < 1.29 is 18.3 Å². The van der Waals surface area contributed by atoms with Crippen molar-refractivity contribution in [1.29, 1.82) is 0 Å². The summed E-state index contributed by atoms with van der Waals surface area (Å²) in [5, 5.41) is 12.9. The zero-order valence-corrected chi connectivity index (χ0v) is 11.7. The van der Waals surface area contributed by atoms with E-state index in [2.05, 4.69) is 5.32 Å². The van der Waals surface area contributed by atoms with Crippen LogP contribution >= 0.6 is 11.6 Å². The summed E-state index contributed by atoms with van der Waals surface area (Å²) in [6.45, 7) is -0.115. The van der Waals surface area contributed by atoms with Gasteiger partial charge in [-0.25, -0.2) is 13.2 Å². The van der Waals surface area contributed by atoms with Crippen LogP contribution in [-0.4, -0.2) is 11.7 Å². The minimum Gasteiger partial charge on any atom is -0.394 e. The third-order valence-corrected chi connectivity index (χ3v) is 3.30. The molecule has 2 aromatic carbocycles. The summed E-state index contributed by atoms with van der Waals surface area (Å²) in [5.74, 6) is -3.96. The minimum atomic E-state index is -1.49. The molecule has 0 aliphatic rings. The van der Waals surface area contributed by atoms with Crippen LogP contribution in [0.25, 0.3) is 0 Å². The Morgan fingerprint density at radius 1 is 1.05 bits per heavy atom. The summed E-state index contributed by atoms with van der Waals surface area (Å²) in [7, 11) is 0. The molecule has 0 fully saturated rings. The van der Waals surface area contributed by atoms with Crippen molar-refractivity contribution in [3.8, 4) is 0 Å². The summed E-state index contributed by atoms with van der Waals surface area (Å²) in [4.78, 5) is 0. The topological polar surface area (TPSA) is 32.3 Å². The first-order valence-corrected chi connectivity index (χ1v) is 6.62. The molecule has 0 radical (unpaired) electrons. The summed E-state index contributed by atoms with van der Waals surface area (Å²) in [6.07, 6.45) is 0. The quantitative estimate of drug-likeness (QED) is 0.827. The Bertz CT molecular complexity index is 596. The van der Waals surface area contributed by atoms with Crippen LogP contribution in [0.3, 0.4) is 0 Å². The van der Waals surface area contributed by atoms with E-state index in [0.717, 1.165) is 17.7 Å². The molecule has 21 heavy (non-hydrogen) atoms. The van der Waals surface area contributed by atoms with E-state index in [4.69, 9.17) is 11.6 Å². The van der Waals surface area contributed by atoms with Crippen LogP contribution in [0.5, 0.6) is 0 Å². The molecule has 0 aliphatic heterocycles. The van der Waals surface area contributed by atoms with Crippen molar-refractivity contribution in [2.75, 3.05) is 6.61 Å². The first kappa shape index (κ1) is 15.8. The van der Waals surface area contributed by atoms with Crippen molar-refractivity contribution >= 4 is 11.6 Å². The summed E-state index contributed by atoms with van der Waals surface area (Å²) in [6, 6.07) is 8.25. The second-order valence-electron chi connectivity index (χ2n) is 4.54. The van der Waals surface area contributed by atoms with Crippen molar-refractivity contribution in [3.63, 3.8) is 0 Å². The van der Waals surface area contributed by atoms with Crippen molar-refractivity contribution in [1.82, 2.24) is 5.32 Å². The Hall–Kier alpha value is -1.56. The van der Waals surface area contributed by atoms with Gasteiger partial charge in [0.25, 0.3) is 0 Å². The van der Waals surface area contributed by atoms with Gasteiger partial charge < -0.3 is 10.4 Å². The highest BCUT2D eigenvalue weighted by Crippen LogP contribution is 2.18. The van der Waals surface area contributed by atoms with Crippen LogP contribution in [-0.2, 0) is 6.54 Å². The van der Waals surface area contributed by atoms with Crippen LogP contribution < -0.4 is 5.32 Å². The van der Waals surface area contributed by atoms with Gasteiger partial charge in [-0.1, -0.05) is 23.7 Å². The third kappa shape index (κ3) is 3.97. The lowest BCUT2D eigenvalue weighted by Crippen LogP contribution is -2.24. The molecule has 1 unspecified atom stereocenters. The molecule has 0 saturated carbocycles. The normalized spacial score (nSPS) is 12.4. The van der Waals surface area contributed by atoms with E-state index in [1.807, 2.05) is 0 Å². The molecule has 0 spiro atoms. The third-order valence-electron chi connectivity index (χ3n) is 3.05.